The fraction of sp³-hybridized carbons (Fsp3) is 0.321. The molecule has 1 fully saturated rings. The minimum absolute atomic E-state index is 0.0162. The minimum atomic E-state index is -1.13. The highest BCUT2D eigenvalue weighted by molar-refractivity contribution is 5.86. The second-order valence-electron chi connectivity index (χ2n) is 9.99. The number of pyridine rings is 2. The van der Waals surface area contributed by atoms with Crippen molar-refractivity contribution in [2.24, 2.45) is 0 Å². The molecule has 1 atom stereocenters. The van der Waals surface area contributed by atoms with Crippen molar-refractivity contribution in [1.82, 2.24) is 24.4 Å². The van der Waals surface area contributed by atoms with Crippen LogP contribution in [0.3, 0.4) is 0 Å². The number of aromatic nitrogens is 4. The van der Waals surface area contributed by atoms with Gasteiger partial charge >= 0.3 is 5.97 Å². The van der Waals surface area contributed by atoms with Crippen molar-refractivity contribution < 1.29 is 23.4 Å². The number of piperidine rings is 1. The Bertz CT molecular complexity index is 1650. The zero-order valence-electron chi connectivity index (χ0n) is 21.5. The summed E-state index contributed by atoms with van der Waals surface area (Å²) < 4.78 is 36.0. The molecule has 1 N–H and O–H groups in total. The molecule has 0 unspecified atom stereocenters. The van der Waals surface area contributed by atoms with E-state index in [0.29, 0.717) is 25.2 Å². The van der Waals surface area contributed by atoms with Gasteiger partial charge in [0.15, 0.2) is 17.0 Å². The molecule has 0 amide bonds. The first-order chi connectivity index (χ1) is 19.4. The molecule has 206 valence electrons. The second kappa shape index (κ2) is 10.6. The standard InChI is InChI=1S/C28H26F2N6O4/c29-21-11-20-25-27(24(21)30)40-9-8-35(25)14-18(26(20)37)15-36(13-17-3-4-32-22(10-17)28(38)39)19-2-1-7-34(16-19)23-12-31-5-6-33-23/h3-6,10-12,14,19H,1-2,7-9,13,15-16H2,(H,38,39)/t19-/m0/s1. The highest BCUT2D eigenvalue weighted by atomic mass is 19.2. The van der Waals surface area contributed by atoms with Gasteiger partial charge in [0.2, 0.25) is 5.82 Å². The molecule has 3 aromatic heterocycles. The maximum Gasteiger partial charge on any atom is 0.354 e. The van der Waals surface area contributed by atoms with Gasteiger partial charge in [-0.3, -0.25) is 14.7 Å². The summed E-state index contributed by atoms with van der Waals surface area (Å²) in [6.45, 7) is 2.53. The van der Waals surface area contributed by atoms with E-state index in [-0.39, 0.29) is 41.5 Å². The molecular weight excluding hydrogens is 522 g/mol. The van der Waals surface area contributed by atoms with Crippen LogP contribution in [0.5, 0.6) is 5.75 Å². The van der Waals surface area contributed by atoms with E-state index in [2.05, 4.69) is 24.8 Å². The Morgan fingerprint density at radius 3 is 2.83 bits per heavy atom. The normalized spacial score (nSPS) is 16.8. The van der Waals surface area contributed by atoms with Crippen LogP contribution in [0.15, 0.2) is 54.0 Å². The van der Waals surface area contributed by atoms with Gasteiger partial charge in [0.25, 0.3) is 0 Å². The monoisotopic (exact) mass is 548 g/mol. The Hall–Kier alpha value is -4.45. The molecule has 2 aliphatic rings. The molecule has 0 saturated carbocycles. The smallest absolute Gasteiger partial charge is 0.354 e. The molecule has 10 nitrogen and oxygen atoms in total. The average Bonchev–Trinajstić information content (AvgIpc) is 2.98. The number of carboxylic acid groups (broad SMARTS) is 1. The van der Waals surface area contributed by atoms with E-state index >= 15 is 0 Å². The van der Waals surface area contributed by atoms with Crippen molar-refractivity contribution >= 4 is 22.7 Å². The lowest BCUT2D eigenvalue weighted by atomic mass is 10.0. The summed E-state index contributed by atoms with van der Waals surface area (Å²) in [5.74, 6) is -2.85. The summed E-state index contributed by atoms with van der Waals surface area (Å²) in [6, 6.07) is 4.20. The van der Waals surface area contributed by atoms with Gasteiger partial charge in [-0.25, -0.2) is 19.2 Å². The molecule has 12 heteroatoms. The van der Waals surface area contributed by atoms with Gasteiger partial charge in [-0.1, -0.05) is 0 Å². The number of hydrogen-bond acceptors (Lipinski definition) is 8. The first kappa shape index (κ1) is 25.8. The summed E-state index contributed by atoms with van der Waals surface area (Å²) in [4.78, 5) is 42.0. The average molecular weight is 549 g/mol. The largest absolute Gasteiger partial charge is 0.486 e. The molecule has 0 spiro atoms. The Morgan fingerprint density at radius 2 is 2.02 bits per heavy atom. The van der Waals surface area contributed by atoms with Gasteiger partial charge in [-0.05, 0) is 36.6 Å². The molecule has 0 bridgehead atoms. The lowest BCUT2D eigenvalue weighted by Crippen LogP contribution is -2.48. The number of aromatic carboxylic acids is 1. The second-order valence-corrected chi connectivity index (χ2v) is 9.99. The summed E-state index contributed by atoms with van der Waals surface area (Å²) >= 11 is 0. The van der Waals surface area contributed by atoms with E-state index in [1.165, 1.54) is 12.3 Å². The Labute approximate surface area is 227 Å². The fourth-order valence-corrected chi connectivity index (χ4v) is 5.57. The van der Waals surface area contributed by atoms with Crippen LogP contribution in [0.1, 0.15) is 34.5 Å². The van der Waals surface area contributed by atoms with Gasteiger partial charge in [0, 0.05) is 62.6 Å². The quantitative estimate of drug-likeness (QED) is 0.372. The van der Waals surface area contributed by atoms with Gasteiger partial charge in [0.1, 0.15) is 18.1 Å². The maximum atomic E-state index is 14.5. The maximum absolute atomic E-state index is 14.5. The summed E-state index contributed by atoms with van der Waals surface area (Å²) in [5, 5.41) is 9.51. The predicted molar refractivity (Wildman–Crippen MR) is 141 cm³/mol. The van der Waals surface area contributed by atoms with E-state index in [1.807, 2.05) is 0 Å². The van der Waals surface area contributed by atoms with Gasteiger partial charge in [0.05, 0.1) is 23.6 Å². The first-order valence-corrected chi connectivity index (χ1v) is 13.0. The molecule has 4 aromatic rings. The van der Waals surface area contributed by atoms with Gasteiger partial charge in [-0.2, -0.15) is 4.39 Å². The number of halogens is 2. The summed E-state index contributed by atoms with van der Waals surface area (Å²) in [6.07, 6.45) is 9.84. The van der Waals surface area contributed by atoms with Crippen molar-refractivity contribution in [3.8, 4) is 5.75 Å². The zero-order chi connectivity index (χ0) is 27.8. The number of benzene rings is 1. The Morgan fingerprint density at radius 1 is 1.15 bits per heavy atom. The third-order valence-corrected chi connectivity index (χ3v) is 7.45. The van der Waals surface area contributed by atoms with E-state index in [0.717, 1.165) is 36.8 Å². The molecule has 6 rings (SSSR count). The Balaban J connectivity index is 1.39. The molecular formula is C28H26F2N6O4. The molecule has 1 aromatic carbocycles. The molecule has 0 radical (unpaired) electrons. The molecule has 2 aliphatic heterocycles. The molecule has 5 heterocycles. The van der Waals surface area contributed by atoms with Crippen LogP contribution in [-0.4, -0.2) is 61.2 Å². The van der Waals surface area contributed by atoms with Crippen LogP contribution >= 0.6 is 0 Å². The van der Waals surface area contributed by atoms with Crippen molar-refractivity contribution in [1.29, 1.82) is 0 Å². The van der Waals surface area contributed by atoms with E-state index in [4.69, 9.17) is 4.74 Å². The van der Waals surface area contributed by atoms with Crippen molar-refractivity contribution in [3.05, 3.63) is 87.9 Å². The number of anilines is 1. The lowest BCUT2D eigenvalue weighted by Gasteiger charge is -2.40. The predicted octanol–water partition coefficient (Wildman–Crippen LogP) is 3.23. The van der Waals surface area contributed by atoms with Crippen LogP contribution in [0.4, 0.5) is 14.6 Å². The SMILES string of the molecule is O=C(O)c1cc(CN(Cc2cn3c4c(c(F)c(F)cc4c2=O)OCC3)[C@H]2CCCN(c3cnccn3)C2)ccn1. The summed E-state index contributed by atoms with van der Waals surface area (Å²) in [5.41, 5.74) is 0.940. The van der Waals surface area contributed by atoms with Gasteiger partial charge in [-0.15, -0.1) is 0 Å². The van der Waals surface area contributed by atoms with E-state index in [1.54, 1.807) is 35.4 Å². The highest BCUT2D eigenvalue weighted by Crippen LogP contribution is 2.33. The van der Waals surface area contributed by atoms with E-state index < -0.39 is 23.0 Å². The Kier molecular flexibility index (Phi) is 6.84. The number of rotatable bonds is 7. The fourth-order valence-electron chi connectivity index (χ4n) is 5.57. The third-order valence-electron chi connectivity index (χ3n) is 7.45. The summed E-state index contributed by atoms with van der Waals surface area (Å²) in [7, 11) is 0. The van der Waals surface area contributed by atoms with Gasteiger partial charge < -0.3 is 19.3 Å². The highest BCUT2D eigenvalue weighted by Gasteiger charge is 2.29. The topological polar surface area (TPSA) is 114 Å². The number of hydrogen-bond donors (Lipinski definition) is 1. The number of ether oxygens (including phenoxy) is 1. The zero-order valence-corrected chi connectivity index (χ0v) is 21.5. The molecule has 1 saturated heterocycles. The van der Waals surface area contributed by atoms with Crippen molar-refractivity contribution in [2.75, 3.05) is 24.6 Å². The van der Waals surface area contributed by atoms with Crippen LogP contribution in [-0.2, 0) is 19.6 Å². The third kappa shape index (κ3) is 4.86. The lowest BCUT2D eigenvalue weighted by molar-refractivity contribution is 0.0690. The van der Waals surface area contributed by atoms with Crippen LogP contribution in [0.25, 0.3) is 10.9 Å². The molecule has 40 heavy (non-hydrogen) atoms. The van der Waals surface area contributed by atoms with Crippen LogP contribution in [0.2, 0.25) is 0 Å². The first-order valence-electron chi connectivity index (χ1n) is 13.0. The number of nitrogens with zero attached hydrogens (tertiary/aromatic N) is 6. The van der Waals surface area contributed by atoms with Crippen molar-refractivity contribution in [2.45, 2.75) is 38.5 Å². The van der Waals surface area contributed by atoms with Crippen LogP contribution in [0, 0.1) is 11.6 Å². The van der Waals surface area contributed by atoms with E-state index in [9.17, 15) is 23.5 Å². The molecule has 0 aliphatic carbocycles. The van der Waals surface area contributed by atoms with Crippen LogP contribution < -0.4 is 15.1 Å². The van der Waals surface area contributed by atoms with Crippen molar-refractivity contribution in [3.63, 3.8) is 0 Å². The number of carbonyl (C=O) groups is 1. The number of carboxylic acids is 1. The minimum Gasteiger partial charge on any atom is -0.486 e.